The number of anilines is 4. The second-order valence-electron chi connectivity index (χ2n) is 37.4. The lowest BCUT2D eigenvalue weighted by Crippen LogP contribution is -2.47. The van der Waals surface area contributed by atoms with E-state index in [2.05, 4.69) is 80.2 Å². The number of nitrogens with two attached hydrogens (primary N) is 4. The van der Waals surface area contributed by atoms with Crippen LogP contribution in [0, 0.1) is 47.3 Å². The van der Waals surface area contributed by atoms with Gasteiger partial charge in [0.05, 0.1) is 99.6 Å². The van der Waals surface area contributed by atoms with Gasteiger partial charge in [-0.15, -0.1) is 46.4 Å². The van der Waals surface area contributed by atoms with E-state index in [9.17, 15) is 37.4 Å². The molecule has 136 heavy (non-hydrogen) atoms. The maximum atomic E-state index is 13.5. The number of hydrogen-bond donors (Lipinski definition) is 8. The number of esters is 4. The third-order valence-corrected chi connectivity index (χ3v) is 32.1. The van der Waals surface area contributed by atoms with Gasteiger partial charge in [0, 0.05) is 0 Å². The maximum Gasteiger partial charge on any atom is 0.406 e. The normalized spacial score (nSPS) is 32.3. The molecule has 4 unspecified atom stereocenters. The molecule has 8 aliphatic rings. The van der Waals surface area contributed by atoms with Crippen molar-refractivity contribution >= 4 is 169 Å². The molecule has 16 rings (SSSR count). The van der Waals surface area contributed by atoms with Gasteiger partial charge >= 0.3 is 54.9 Å². The van der Waals surface area contributed by atoms with E-state index in [0.29, 0.717) is 44.7 Å². The molecule has 48 nitrogen and oxygen atoms in total. The SMILES string of the molecule is CC(C)C(=O)OCC(NP1(=O)OC[C@H]2O[C@@H](n3cnc4c(N)ncnc43)[C@](C)(Cl)[C@@H]2O1)C(C)C.CC(C)C(=O)OC[C@@H](NP1(=O)OC[C@H]2O[C@@H](n3cnc4c(N)ncnc43)[C@](C)(Cl)[C@@H]2O1)C(C)C.CC(C)C(=O)OC[C@H](NP1(=O)OC[C@H]2O[C@@H](n3cnc4c(N)ncnc43)[C@](C)(Cl)[C@@H]2O1)C(C)C.CC(C)C(=O)OC[C@H](N[P@@]1(=O)OC[C@H]2O[C@@H](n3cnc4c(N)ncnc43)[C@](C)(Cl)[C@@H]2O1)C(C)C. The monoisotopic (exact) mass is 2060 g/mol. The highest BCUT2D eigenvalue weighted by atomic mass is 35.5. The predicted molar refractivity (Wildman–Crippen MR) is 496 cm³/mol. The van der Waals surface area contributed by atoms with Crippen LogP contribution in [-0.2, 0) is 112 Å². The minimum atomic E-state index is -3.79. The van der Waals surface area contributed by atoms with Crippen LogP contribution in [0.15, 0.2) is 50.6 Å². The average Bonchev–Trinajstić information content (AvgIpc) is 1.59. The topological polar surface area (TPSA) is 611 Å². The van der Waals surface area contributed by atoms with Gasteiger partial charge in [0.1, 0.15) is 142 Å². The fourth-order valence-electron chi connectivity index (χ4n) is 15.6. The Balaban J connectivity index is 0.000000153. The van der Waals surface area contributed by atoms with E-state index < -0.39 is 148 Å². The van der Waals surface area contributed by atoms with Crippen molar-refractivity contribution in [3.05, 3.63) is 50.6 Å². The highest BCUT2D eigenvalue weighted by Crippen LogP contribution is 2.63. The van der Waals surface area contributed by atoms with E-state index in [1.807, 2.05) is 55.4 Å². The molecule has 0 radical (unpaired) electrons. The number of nitrogens with one attached hydrogen (secondary N) is 4. The largest absolute Gasteiger partial charge is 0.464 e. The number of halogens is 4. The first-order valence-electron chi connectivity index (χ1n) is 44.3. The molecule has 8 aromatic rings. The molecule has 0 aliphatic carbocycles. The summed E-state index contributed by atoms with van der Waals surface area (Å²) in [5, 5.41) is 11.7. The van der Waals surface area contributed by atoms with Gasteiger partial charge in [-0.2, -0.15) is 0 Å². The number of imidazole rings is 4. The minimum absolute atomic E-state index is 0.00585. The number of rotatable bonds is 28. The first-order valence-corrected chi connectivity index (χ1v) is 52.0. The zero-order chi connectivity index (χ0) is 99.3. The quantitative estimate of drug-likeness (QED) is 0.00977. The Morgan fingerprint density at radius 3 is 0.699 bits per heavy atom. The maximum absolute atomic E-state index is 13.5. The zero-order valence-electron chi connectivity index (χ0n) is 78.7. The Morgan fingerprint density at radius 1 is 0.346 bits per heavy atom. The van der Waals surface area contributed by atoms with Crippen molar-refractivity contribution in [1.82, 2.24) is 98.4 Å². The number of nitrogen functional groups attached to an aromatic ring is 4. The van der Waals surface area contributed by atoms with E-state index in [1.54, 1.807) is 101 Å². The lowest BCUT2D eigenvalue weighted by Gasteiger charge is -2.37. The van der Waals surface area contributed by atoms with Crippen molar-refractivity contribution in [2.75, 3.05) is 75.8 Å². The smallest absolute Gasteiger partial charge is 0.406 e. The molecule has 8 aromatic heterocycles. The van der Waals surface area contributed by atoms with E-state index in [4.69, 9.17) is 143 Å². The van der Waals surface area contributed by atoms with E-state index in [0.717, 1.165) is 0 Å². The number of carbonyl (C=O) groups is 4. The second kappa shape index (κ2) is 42.1. The summed E-state index contributed by atoms with van der Waals surface area (Å²) in [5.74, 6) is -1.56. The summed E-state index contributed by atoms with van der Waals surface area (Å²) in [6, 6.07) is -1.83. The third kappa shape index (κ3) is 22.7. The van der Waals surface area contributed by atoms with Crippen LogP contribution in [0.4, 0.5) is 23.3 Å². The Hall–Kier alpha value is -7.28. The summed E-state index contributed by atoms with van der Waals surface area (Å²) in [4.78, 5) is 92.9. The summed E-state index contributed by atoms with van der Waals surface area (Å²) < 4.78 is 153. The van der Waals surface area contributed by atoms with Gasteiger partial charge in [0.25, 0.3) is 0 Å². The van der Waals surface area contributed by atoms with Crippen LogP contribution in [0.1, 0.15) is 163 Å². The lowest BCUT2D eigenvalue weighted by atomic mass is 10.0. The molecule has 24 atom stereocenters. The standard InChI is InChI=1S/4C20H30ClN6O6P/c4*1-10(2)12(6-30-18(28)11(3)4)26-34(29)31-7-13-15(33-34)20(5,21)19(32-13)27-9-25-14-16(22)23-8-24-17(14)27/h4*8-13,15,19H,6-7H2,1-5H3,(H,26,29)(H2,22,23,24)/t12?,13-,15-,19-,20-,34?;12-,13+,15+,19+,20+,34?;12-,13+,15+,19+,20+,34+;12-,13-,15-,19-,20-,34?/m1001/s1. The fourth-order valence-corrected chi connectivity index (χ4v) is 25.1. The number of ether oxygens (including phenoxy) is 8. The van der Waals surface area contributed by atoms with E-state index in [1.165, 1.54) is 50.6 Å². The molecule has 0 bridgehead atoms. The van der Waals surface area contributed by atoms with Crippen LogP contribution in [0.5, 0.6) is 0 Å². The number of carbonyl (C=O) groups excluding carboxylic acids is 4. The Kier molecular flexibility index (Phi) is 32.8. The Bertz CT molecular complexity index is 5130. The molecule has 56 heteroatoms. The number of hydrogen-bond acceptors (Lipinski definition) is 40. The average molecular weight is 2070 g/mol. The van der Waals surface area contributed by atoms with Gasteiger partial charge in [-0.05, 0) is 51.4 Å². The molecule has 0 amide bonds. The van der Waals surface area contributed by atoms with Crippen molar-refractivity contribution in [2.24, 2.45) is 47.3 Å². The summed E-state index contributed by atoms with van der Waals surface area (Å²) in [6.07, 6.45) is 3.05. The molecule has 12 N–H and O–H groups in total. The van der Waals surface area contributed by atoms with Crippen LogP contribution in [0.2, 0.25) is 0 Å². The van der Waals surface area contributed by atoms with Gasteiger partial charge in [0.15, 0.2) is 70.8 Å². The number of fused-ring (bicyclic) bond motifs is 8. The number of nitrogens with zero attached hydrogens (tertiary/aromatic N) is 16. The highest BCUT2D eigenvalue weighted by Gasteiger charge is 2.65. The second-order valence-corrected chi connectivity index (χ2v) is 47.5. The molecule has 0 spiro atoms. The van der Waals surface area contributed by atoms with Crippen LogP contribution in [0.3, 0.4) is 0 Å². The molecule has 0 saturated carbocycles. The van der Waals surface area contributed by atoms with Crippen molar-refractivity contribution < 1.29 is 112 Å². The Morgan fingerprint density at radius 2 is 0.529 bits per heavy atom. The summed E-state index contributed by atoms with van der Waals surface area (Å²) >= 11 is 27.8. The summed E-state index contributed by atoms with van der Waals surface area (Å²) in [5.41, 5.74) is 27.1. The van der Waals surface area contributed by atoms with Crippen molar-refractivity contribution in [3.8, 4) is 0 Å². The van der Waals surface area contributed by atoms with E-state index in [-0.39, 0.29) is 147 Å². The van der Waals surface area contributed by atoms with Crippen molar-refractivity contribution in [3.63, 3.8) is 0 Å². The molecule has 8 saturated heterocycles. The van der Waals surface area contributed by atoms with E-state index >= 15 is 0 Å². The van der Waals surface area contributed by atoms with Gasteiger partial charge in [0.2, 0.25) is 0 Å². The van der Waals surface area contributed by atoms with Crippen LogP contribution in [0.25, 0.3) is 44.7 Å². The minimum Gasteiger partial charge on any atom is -0.464 e. The molecular formula is C80H120Cl4N24O24P4. The third-order valence-electron chi connectivity index (χ3n) is 23.9. The van der Waals surface area contributed by atoms with Crippen LogP contribution >= 0.6 is 77.4 Å². The first-order chi connectivity index (χ1) is 63.7. The molecular weight excluding hydrogens is 1950 g/mol. The summed E-state index contributed by atoms with van der Waals surface area (Å²) in [6.45, 7) is 36.3. The lowest BCUT2D eigenvalue weighted by molar-refractivity contribution is -0.149. The summed E-state index contributed by atoms with van der Waals surface area (Å²) in [7, 11) is -15.2. The van der Waals surface area contributed by atoms with Crippen LogP contribution in [-0.4, -0.2) is 247 Å². The van der Waals surface area contributed by atoms with Gasteiger partial charge in [-0.3, -0.25) is 73.6 Å². The predicted octanol–water partition coefficient (Wildman–Crippen LogP) is 10.6. The number of alkyl halides is 4. The van der Waals surface area contributed by atoms with Crippen molar-refractivity contribution in [2.45, 2.75) is 256 Å². The van der Waals surface area contributed by atoms with Crippen molar-refractivity contribution in [1.29, 1.82) is 0 Å². The van der Waals surface area contributed by atoms with Gasteiger partial charge < -0.3 is 60.8 Å². The molecule has 752 valence electrons. The highest BCUT2D eigenvalue weighted by molar-refractivity contribution is 7.52. The van der Waals surface area contributed by atoms with Crippen LogP contribution < -0.4 is 43.3 Å². The molecule has 8 fully saturated rings. The Labute approximate surface area is 804 Å². The number of aromatic nitrogens is 16. The molecule has 8 aliphatic heterocycles. The zero-order valence-corrected chi connectivity index (χ0v) is 85.3. The first kappa shape index (κ1) is 106. The van der Waals surface area contributed by atoms with Gasteiger partial charge in [-0.1, -0.05) is 111 Å². The molecule has 0 aromatic carbocycles. The van der Waals surface area contributed by atoms with Gasteiger partial charge in [-0.25, -0.2) is 98.4 Å². The molecule has 16 heterocycles. The fraction of sp³-hybridized carbons (Fsp3) is 0.700.